The van der Waals surface area contributed by atoms with Crippen LogP contribution >= 0.6 is 11.8 Å². The number of carbonyl (C=O) groups excluding carboxylic acids is 1. The quantitative estimate of drug-likeness (QED) is 0.515. The summed E-state index contributed by atoms with van der Waals surface area (Å²) in [5, 5.41) is 28.4. The van der Waals surface area contributed by atoms with E-state index >= 15 is 0 Å². The molecule has 1 fully saturated rings. The molecule has 126 valence electrons. The van der Waals surface area contributed by atoms with Gasteiger partial charge in [0, 0.05) is 12.1 Å². The molecule has 0 spiro atoms. The van der Waals surface area contributed by atoms with Crippen LogP contribution in [0.1, 0.15) is 5.56 Å². The van der Waals surface area contributed by atoms with Gasteiger partial charge in [-0.2, -0.15) is 5.10 Å². The summed E-state index contributed by atoms with van der Waals surface area (Å²) in [5.41, 5.74) is 1.25. The zero-order valence-electron chi connectivity index (χ0n) is 12.8. The Morgan fingerprint density at radius 1 is 1.16 bits per heavy atom. The predicted octanol–water partition coefficient (Wildman–Crippen LogP) is 2.77. The predicted molar refractivity (Wildman–Crippen MR) is 96.2 cm³/mol. The van der Waals surface area contributed by atoms with Crippen LogP contribution in [0.15, 0.2) is 58.7 Å². The SMILES string of the molecule is O=C1CS/C(=N\N=C\c2ccc([N+](=O)[O-])cc2)N1c1ccc(O)cc1. The summed E-state index contributed by atoms with van der Waals surface area (Å²) in [6, 6.07) is 12.1. The van der Waals surface area contributed by atoms with Crippen LogP contribution in [-0.4, -0.2) is 33.1 Å². The summed E-state index contributed by atoms with van der Waals surface area (Å²) in [7, 11) is 0. The van der Waals surface area contributed by atoms with Crippen molar-refractivity contribution >= 4 is 40.4 Å². The van der Waals surface area contributed by atoms with E-state index in [-0.39, 0.29) is 23.1 Å². The second-order valence-corrected chi connectivity index (χ2v) is 5.95. The fraction of sp³-hybridized carbons (Fsp3) is 0.0625. The van der Waals surface area contributed by atoms with Gasteiger partial charge in [0.15, 0.2) is 5.17 Å². The number of amides is 1. The topological polar surface area (TPSA) is 108 Å². The van der Waals surface area contributed by atoms with E-state index in [1.165, 1.54) is 47.1 Å². The molecule has 25 heavy (non-hydrogen) atoms. The van der Waals surface area contributed by atoms with Crippen molar-refractivity contribution in [2.24, 2.45) is 10.2 Å². The molecule has 1 aliphatic heterocycles. The Labute approximate surface area is 146 Å². The van der Waals surface area contributed by atoms with Crippen LogP contribution in [-0.2, 0) is 4.79 Å². The van der Waals surface area contributed by atoms with Crippen LogP contribution in [0.3, 0.4) is 0 Å². The number of nitro groups is 1. The second-order valence-electron chi connectivity index (χ2n) is 5.01. The summed E-state index contributed by atoms with van der Waals surface area (Å²) in [6.07, 6.45) is 1.45. The number of amidine groups is 1. The maximum absolute atomic E-state index is 12.1. The molecule has 0 aromatic heterocycles. The highest BCUT2D eigenvalue weighted by Crippen LogP contribution is 2.28. The molecule has 1 heterocycles. The van der Waals surface area contributed by atoms with Crippen LogP contribution in [0, 0.1) is 10.1 Å². The molecule has 9 heteroatoms. The van der Waals surface area contributed by atoms with Gasteiger partial charge in [-0.3, -0.25) is 19.8 Å². The van der Waals surface area contributed by atoms with E-state index in [0.717, 1.165) is 0 Å². The van der Waals surface area contributed by atoms with Crippen LogP contribution < -0.4 is 4.90 Å². The Kier molecular flexibility index (Phi) is 4.75. The van der Waals surface area contributed by atoms with Crippen molar-refractivity contribution in [3.05, 3.63) is 64.2 Å². The van der Waals surface area contributed by atoms with E-state index < -0.39 is 4.92 Å². The van der Waals surface area contributed by atoms with Gasteiger partial charge in [0.2, 0.25) is 5.91 Å². The number of thioether (sulfide) groups is 1. The van der Waals surface area contributed by atoms with Gasteiger partial charge in [-0.15, -0.1) is 5.10 Å². The number of hydrogen-bond donors (Lipinski definition) is 1. The normalized spacial score (nSPS) is 16.1. The number of nitrogens with zero attached hydrogens (tertiary/aromatic N) is 4. The molecule has 3 rings (SSSR count). The van der Waals surface area contributed by atoms with Gasteiger partial charge in [0.05, 0.1) is 22.6 Å². The first-order valence-corrected chi connectivity index (χ1v) is 8.13. The third-order valence-electron chi connectivity index (χ3n) is 3.33. The number of carbonyl (C=O) groups is 1. The van der Waals surface area contributed by atoms with Gasteiger partial charge in [-0.25, -0.2) is 0 Å². The summed E-state index contributed by atoms with van der Waals surface area (Å²) in [6.45, 7) is 0. The smallest absolute Gasteiger partial charge is 0.269 e. The summed E-state index contributed by atoms with van der Waals surface area (Å²) in [5.74, 6) is 0.241. The number of non-ortho nitro benzene ring substituents is 1. The van der Waals surface area contributed by atoms with Crippen molar-refractivity contribution in [1.29, 1.82) is 0 Å². The van der Waals surface area contributed by atoms with E-state index in [1.807, 2.05) is 0 Å². The Hall–Kier alpha value is -3.20. The average Bonchev–Trinajstić information content (AvgIpc) is 2.97. The maximum Gasteiger partial charge on any atom is 0.269 e. The Morgan fingerprint density at radius 2 is 1.84 bits per heavy atom. The number of aromatic hydroxyl groups is 1. The summed E-state index contributed by atoms with van der Waals surface area (Å²) >= 11 is 1.26. The van der Waals surface area contributed by atoms with Gasteiger partial charge in [-0.1, -0.05) is 11.8 Å². The highest BCUT2D eigenvalue weighted by Gasteiger charge is 2.29. The van der Waals surface area contributed by atoms with E-state index in [4.69, 9.17) is 0 Å². The molecule has 0 atom stereocenters. The number of rotatable bonds is 4. The van der Waals surface area contributed by atoms with Gasteiger partial charge in [-0.05, 0) is 42.0 Å². The van der Waals surface area contributed by atoms with E-state index in [0.29, 0.717) is 16.4 Å². The lowest BCUT2D eigenvalue weighted by Gasteiger charge is -2.14. The monoisotopic (exact) mass is 356 g/mol. The van der Waals surface area contributed by atoms with E-state index in [9.17, 15) is 20.0 Å². The molecule has 0 aliphatic carbocycles. The molecule has 0 saturated carbocycles. The van der Waals surface area contributed by atoms with E-state index in [1.54, 1.807) is 24.3 Å². The standard InChI is InChI=1S/C16H12N4O4S/c21-14-7-5-12(6-8-14)19-15(22)10-25-16(19)18-17-9-11-1-3-13(4-2-11)20(23)24/h1-9,21H,10H2/b17-9+,18-16-. The third kappa shape index (κ3) is 3.83. The van der Waals surface area contributed by atoms with Crippen molar-refractivity contribution < 1.29 is 14.8 Å². The molecule has 0 bridgehead atoms. The van der Waals surface area contributed by atoms with Crippen LogP contribution in [0.25, 0.3) is 0 Å². The van der Waals surface area contributed by atoms with Crippen LogP contribution in [0.2, 0.25) is 0 Å². The zero-order chi connectivity index (χ0) is 17.8. The van der Waals surface area contributed by atoms with Crippen molar-refractivity contribution in [2.75, 3.05) is 10.7 Å². The minimum Gasteiger partial charge on any atom is -0.508 e. The minimum absolute atomic E-state index is 0.00101. The molecule has 8 nitrogen and oxygen atoms in total. The minimum atomic E-state index is -0.475. The zero-order valence-corrected chi connectivity index (χ0v) is 13.6. The second kappa shape index (κ2) is 7.14. The average molecular weight is 356 g/mol. The fourth-order valence-electron chi connectivity index (χ4n) is 2.12. The largest absolute Gasteiger partial charge is 0.508 e. The third-order valence-corrected chi connectivity index (χ3v) is 4.24. The molecule has 2 aromatic rings. The lowest BCUT2D eigenvalue weighted by molar-refractivity contribution is -0.384. The lowest BCUT2D eigenvalue weighted by atomic mass is 10.2. The summed E-state index contributed by atoms with van der Waals surface area (Å²) < 4.78 is 0. The van der Waals surface area contributed by atoms with Crippen molar-refractivity contribution in [1.82, 2.24) is 0 Å². The first-order valence-electron chi connectivity index (χ1n) is 7.15. The van der Waals surface area contributed by atoms with Crippen molar-refractivity contribution in [3.8, 4) is 5.75 Å². The highest BCUT2D eigenvalue weighted by molar-refractivity contribution is 8.15. The summed E-state index contributed by atoms with van der Waals surface area (Å²) in [4.78, 5) is 23.6. The number of phenols is 1. The van der Waals surface area contributed by atoms with Gasteiger partial charge in [0.1, 0.15) is 5.75 Å². The Morgan fingerprint density at radius 3 is 2.48 bits per heavy atom. The number of benzene rings is 2. The van der Waals surface area contributed by atoms with Gasteiger partial charge >= 0.3 is 0 Å². The number of phenolic OH excluding ortho intramolecular Hbond substituents is 1. The van der Waals surface area contributed by atoms with Crippen LogP contribution in [0.5, 0.6) is 5.75 Å². The number of nitro benzene ring substituents is 1. The fourth-order valence-corrected chi connectivity index (χ4v) is 2.94. The molecule has 1 aliphatic rings. The maximum atomic E-state index is 12.1. The first kappa shape index (κ1) is 16.7. The highest BCUT2D eigenvalue weighted by atomic mass is 32.2. The molecule has 2 aromatic carbocycles. The molecular weight excluding hydrogens is 344 g/mol. The van der Waals surface area contributed by atoms with Crippen LogP contribution in [0.4, 0.5) is 11.4 Å². The number of anilines is 1. The van der Waals surface area contributed by atoms with E-state index in [2.05, 4.69) is 10.2 Å². The molecule has 0 radical (unpaired) electrons. The Bertz CT molecular complexity index is 863. The number of hydrogen-bond acceptors (Lipinski definition) is 7. The molecular formula is C16H12N4O4S. The van der Waals surface area contributed by atoms with Crippen molar-refractivity contribution in [2.45, 2.75) is 0 Å². The molecule has 1 saturated heterocycles. The Balaban J connectivity index is 1.78. The lowest BCUT2D eigenvalue weighted by Crippen LogP contribution is -2.28. The molecule has 1 amide bonds. The van der Waals surface area contributed by atoms with Crippen molar-refractivity contribution in [3.63, 3.8) is 0 Å². The van der Waals surface area contributed by atoms with Gasteiger partial charge < -0.3 is 5.11 Å². The van der Waals surface area contributed by atoms with Gasteiger partial charge in [0.25, 0.3) is 5.69 Å². The molecule has 0 unspecified atom stereocenters. The first-order chi connectivity index (χ1) is 12.0. The molecule has 1 N–H and O–H groups in total.